The van der Waals surface area contributed by atoms with Gasteiger partial charge < -0.3 is 9.80 Å². The van der Waals surface area contributed by atoms with Crippen LogP contribution in [0.4, 0.5) is 28.4 Å². The third-order valence-electron chi connectivity index (χ3n) is 10.4. The monoisotopic (exact) mass is 630 g/mol. The molecule has 48 heavy (non-hydrogen) atoms. The van der Waals surface area contributed by atoms with Crippen LogP contribution < -0.4 is 18.9 Å². The van der Waals surface area contributed by atoms with Crippen LogP contribution in [-0.2, 0) is 26.2 Å². The first-order chi connectivity index (χ1) is 23.8. The van der Waals surface area contributed by atoms with Crippen LogP contribution in [0.2, 0.25) is 0 Å². The molecule has 6 heteroatoms. The largest absolute Gasteiger partial charge is 0.374 e. The summed E-state index contributed by atoms with van der Waals surface area (Å²) in [5.41, 5.74) is 11.6. The van der Waals surface area contributed by atoms with Gasteiger partial charge >= 0.3 is 11.6 Å². The van der Waals surface area contributed by atoms with Gasteiger partial charge in [0.2, 0.25) is 0 Å². The summed E-state index contributed by atoms with van der Waals surface area (Å²) in [5.74, 6) is 2.69. The zero-order valence-corrected chi connectivity index (χ0v) is 27.7. The van der Waals surface area contributed by atoms with Crippen LogP contribution in [0.3, 0.4) is 0 Å². The van der Waals surface area contributed by atoms with Gasteiger partial charge in [-0.15, -0.1) is 0 Å². The average Bonchev–Trinajstić information content (AvgIpc) is 3.65. The van der Waals surface area contributed by atoms with Crippen molar-refractivity contribution in [3.05, 3.63) is 127 Å². The van der Waals surface area contributed by atoms with Gasteiger partial charge in [0.1, 0.15) is 13.1 Å². The Hall–Kier alpha value is -5.36. The van der Waals surface area contributed by atoms with Crippen molar-refractivity contribution in [3.63, 3.8) is 0 Å². The Morgan fingerprint density at radius 3 is 1.56 bits per heavy atom. The second-order valence-electron chi connectivity index (χ2n) is 13.0. The first-order valence-electron chi connectivity index (χ1n) is 17.7. The van der Waals surface area contributed by atoms with Crippen LogP contribution in [0, 0.1) is 0 Å². The van der Waals surface area contributed by atoms with Crippen molar-refractivity contribution < 1.29 is 9.13 Å². The third-order valence-corrected chi connectivity index (χ3v) is 10.4. The molecule has 0 radical (unpaired) electrons. The molecule has 2 aromatic heterocycles. The molecule has 6 nitrogen and oxygen atoms in total. The van der Waals surface area contributed by atoms with Crippen LogP contribution in [0.15, 0.2) is 127 Å². The van der Waals surface area contributed by atoms with E-state index in [9.17, 15) is 0 Å². The highest BCUT2D eigenvalue weighted by Crippen LogP contribution is 2.51. The zero-order valence-electron chi connectivity index (χ0n) is 27.7. The summed E-state index contributed by atoms with van der Waals surface area (Å²) in [5, 5.41) is 0. The molecule has 0 fully saturated rings. The number of hydrogen-bond donors (Lipinski definition) is 0. The summed E-state index contributed by atoms with van der Waals surface area (Å²) < 4.78 is 10.3. The lowest BCUT2D eigenvalue weighted by atomic mass is 10.0. The lowest BCUT2D eigenvalue weighted by Crippen LogP contribution is -2.53. The van der Waals surface area contributed by atoms with E-state index in [-0.39, 0.29) is 0 Å². The third kappa shape index (κ3) is 4.54. The lowest BCUT2D eigenvalue weighted by molar-refractivity contribution is -0.772. The van der Waals surface area contributed by atoms with Crippen molar-refractivity contribution in [1.29, 1.82) is 0 Å². The topological polar surface area (TPSA) is 24.1 Å². The predicted molar refractivity (Wildman–Crippen MR) is 196 cm³/mol. The van der Waals surface area contributed by atoms with Crippen LogP contribution >= 0.6 is 0 Å². The van der Waals surface area contributed by atoms with Gasteiger partial charge in [0, 0.05) is 12.2 Å². The Bertz CT molecular complexity index is 2180. The molecule has 238 valence electrons. The molecule has 4 heterocycles. The maximum atomic E-state index is 2.61. The van der Waals surface area contributed by atoms with Crippen molar-refractivity contribution >= 4 is 50.5 Å². The van der Waals surface area contributed by atoms with Gasteiger partial charge in [-0.25, -0.2) is 18.3 Å². The minimum Gasteiger partial charge on any atom is -0.338 e. The number of aryl methyl sites for hydroxylation is 4. The number of unbranched alkanes of at least 4 members (excludes halogenated alkanes) is 3. The van der Waals surface area contributed by atoms with Gasteiger partial charge in [-0.05, 0) is 86.8 Å². The van der Waals surface area contributed by atoms with Crippen molar-refractivity contribution in [3.8, 4) is 11.6 Å². The van der Waals surface area contributed by atoms with Crippen molar-refractivity contribution in [2.75, 3.05) is 16.3 Å². The standard InChI is InChI=1S/C42H42N6/c1-2-43-33-20-8-9-21-34(33)46-30-31-47-36-23-11-10-22-35(36)45(42(47)41(43)46)29-17-4-3-16-28-44-37-24-12-14-26-39(37)48(32-18-6-5-7-19-32)40-27-15-13-25-38(40)44/h5-15,18-27H,2-4,16-17,28-31H2,1H3/q+2. The number of aromatic nitrogens is 4. The second-order valence-corrected chi connectivity index (χ2v) is 13.0. The Kier molecular flexibility index (Phi) is 7.22. The van der Waals surface area contributed by atoms with E-state index in [0.717, 1.165) is 45.6 Å². The molecular weight excluding hydrogens is 589 g/mol. The van der Waals surface area contributed by atoms with Crippen molar-refractivity contribution in [1.82, 2.24) is 9.13 Å². The maximum absolute atomic E-state index is 2.61. The normalized spacial score (nSPS) is 13.4. The van der Waals surface area contributed by atoms with Gasteiger partial charge in [-0.3, -0.25) is 0 Å². The summed E-state index contributed by atoms with van der Waals surface area (Å²) in [7, 11) is 0. The molecule has 0 atom stereocenters. The summed E-state index contributed by atoms with van der Waals surface area (Å²) in [6.07, 6.45) is 4.72. The van der Waals surface area contributed by atoms with E-state index in [1.54, 1.807) is 0 Å². The smallest absolute Gasteiger partial charge is 0.338 e. The van der Waals surface area contributed by atoms with Gasteiger partial charge in [0.15, 0.2) is 22.1 Å². The highest BCUT2D eigenvalue weighted by atomic mass is 15.3. The van der Waals surface area contributed by atoms with Crippen LogP contribution in [-0.4, -0.2) is 15.7 Å². The molecule has 0 bridgehead atoms. The summed E-state index contributed by atoms with van der Waals surface area (Å²) in [6.45, 7) is 7.26. The lowest BCUT2D eigenvalue weighted by Gasteiger charge is -2.40. The number of nitrogens with zero attached hydrogens (tertiary/aromatic N) is 6. The number of anilines is 5. The Labute approximate surface area is 282 Å². The molecule has 2 aliphatic rings. The summed E-state index contributed by atoms with van der Waals surface area (Å²) in [6, 6.07) is 46.4. The number of para-hydroxylation sites is 9. The van der Waals surface area contributed by atoms with Crippen LogP contribution in [0.25, 0.3) is 33.7 Å². The fourth-order valence-corrected chi connectivity index (χ4v) is 8.28. The maximum Gasteiger partial charge on any atom is 0.374 e. The highest BCUT2D eigenvalue weighted by molar-refractivity contribution is 5.97. The van der Waals surface area contributed by atoms with Gasteiger partial charge in [-0.1, -0.05) is 73.2 Å². The summed E-state index contributed by atoms with van der Waals surface area (Å²) in [4.78, 5) is 4.95. The van der Waals surface area contributed by atoms with Crippen LogP contribution in [0.1, 0.15) is 32.6 Å². The molecule has 9 rings (SSSR count). The molecule has 0 aliphatic carbocycles. The minimum atomic E-state index is 0.955. The molecular formula is C42H42N6+2. The number of hydrogen-bond acceptors (Lipinski definition) is 2. The molecule has 2 aliphatic heterocycles. The van der Waals surface area contributed by atoms with E-state index < -0.39 is 0 Å². The fraction of sp³-hybridized carbons (Fsp3) is 0.238. The van der Waals surface area contributed by atoms with Crippen LogP contribution in [0.5, 0.6) is 0 Å². The van der Waals surface area contributed by atoms with Crippen molar-refractivity contribution in [2.24, 2.45) is 0 Å². The predicted octanol–water partition coefficient (Wildman–Crippen LogP) is 9.05. The molecule has 0 saturated carbocycles. The van der Waals surface area contributed by atoms with Gasteiger partial charge in [0.25, 0.3) is 0 Å². The number of benzene rings is 5. The van der Waals surface area contributed by atoms with E-state index in [0.29, 0.717) is 0 Å². The zero-order chi connectivity index (χ0) is 32.0. The van der Waals surface area contributed by atoms with Gasteiger partial charge in [0.05, 0.1) is 35.8 Å². The molecule has 0 N–H and O–H groups in total. The van der Waals surface area contributed by atoms with E-state index in [2.05, 4.69) is 162 Å². The number of fused-ring (bicyclic) bond motifs is 9. The Balaban J connectivity index is 0.952. The molecule has 0 saturated heterocycles. The molecule has 5 aromatic carbocycles. The first kappa shape index (κ1) is 28.8. The number of imidazole rings is 2. The molecule has 0 unspecified atom stereocenters. The molecule has 0 amide bonds. The Morgan fingerprint density at radius 1 is 0.479 bits per heavy atom. The van der Waals surface area contributed by atoms with E-state index in [4.69, 9.17) is 0 Å². The van der Waals surface area contributed by atoms with E-state index >= 15 is 0 Å². The fourth-order valence-electron chi connectivity index (χ4n) is 8.28. The van der Waals surface area contributed by atoms with Crippen molar-refractivity contribution in [2.45, 2.75) is 58.8 Å². The average molecular weight is 631 g/mol. The molecule has 7 aromatic rings. The second kappa shape index (κ2) is 12.0. The Morgan fingerprint density at radius 2 is 0.958 bits per heavy atom. The quantitative estimate of drug-likeness (QED) is 0.117. The van der Waals surface area contributed by atoms with E-state index in [1.165, 1.54) is 75.0 Å². The SMILES string of the molecule is CCn1c2[n+](c3ccccc31)CC[n+]1c-2n(CCCCCCN2c3ccccc3N(c3ccccc3)c3ccccc32)c2ccccc21. The number of rotatable bonds is 9. The van der Waals surface area contributed by atoms with Gasteiger partial charge in [-0.2, -0.15) is 0 Å². The first-order valence-corrected chi connectivity index (χ1v) is 17.7. The highest BCUT2D eigenvalue weighted by Gasteiger charge is 2.41. The van der Waals surface area contributed by atoms with E-state index in [1.807, 2.05) is 0 Å². The summed E-state index contributed by atoms with van der Waals surface area (Å²) >= 11 is 0. The molecule has 0 spiro atoms. The minimum absolute atomic E-state index is 0.955.